The number of carbonyl (C=O) groups excluding carboxylic acids is 1. The molecule has 2 N–H and O–H groups in total. The molecule has 90 valence electrons. The van der Waals surface area contributed by atoms with Gasteiger partial charge in [0.2, 0.25) is 5.91 Å². The van der Waals surface area contributed by atoms with Crippen molar-refractivity contribution in [3.8, 4) is 0 Å². The standard InChI is InChI=1S/C10H20N2O2.ClH/c1-8(2)6-12-10(13)5-9-7-11-3-4-14-9;/h8-9,11H,3-7H2,1-2H3,(H,12,13);1H. The molecular formula is C10H21ClN2O2. The van der Waals surface area contributed by atoms with Crippen molar-refractivity contribution < 1.29 is 9.53 Å². The smallest absolute Gasteiger partial charge is 0.222 e. The topological polar surface area (TPSA) is 50.4 Å². The lowest BCUT2D eigenvalue weighted by molar-refractivity contribution is -0.124. The summed E-state index contributed by atoms with van der Waals surface area (Å²) in [6, 6.07) is 0. The van der Waals surface area contributed by atoms with Gasteiger partial charge in [-0.25, -0.2) is 0 Å². The largest absolute Gasteiger partial charge is 0.375 e. The Balaban J connectivity index is 0.00000196. The molecule has 0 spiro atoms. The van der Waals surface area contributed by atoms with Gasteiger partial charge in [0.05, 0.1) is 19.1 Å². The highest BCUT2D eigenvalue weighted by Crippen LogP contribution is 2.01. The van der Waals surface area contributed by atoms with Crippen LogP contribution in [-0.2, 0) is 9.53 Å². The predicted molar refractivity (Wildman–Crippen MR) is 62.3 cm³/mol. The van der Waals surface area contributed by atoms with Crippen LogP contribution in [0.4, 0.5) is 0 Å². The van der Waals surface area contributed by atoms with Crippen LogP contribution >= 0.6 is 12.4 Å². The lowest BCUT2D eigenvalue weighted by Gasteiger charge is -2.23. The summed E-state index contributed by atoms with van der Waals surface area (Å²) in [4.78, 5) is 11.4. The Morgan fingerprint density at radius 3 is 2.87 bits per heavy atom. The van der Waals surface area contributed by atoms with Crippen LogP contribution in [-0.4, -0.2) is 38.3 Å². The number of hydrogen-bond donors (Lipinski definition) is 2. The summed E-state index contributed by atoms with van der Waals surface area (Å²) in [6.45, 7) is 7.30. The van der Waals surface area contributed by atoms with Gasteiger partial charge in [0.15, 0.2) is 0 Å². The average molecular weight is 237 g/mol. The van der Waals surface area contributed by atoms with E-state index in [2.05, 4.69) is 24.5 Å². The molecule has 0 radical (unpaired) electrons. The zero-order valence-corrected chi connectivity index (χ0v) is 10.2. The van der Waals surface area contributed by atoms with E-state index in [9.17, 15) is 4.79 Å². The van der Waals surface area contributed by atoms with Crippen LogP contribution in [0.3, 0.4) is 0 Å². The minimum atomic E-state index is 0. The molecule has 1 saturated heterocycles. The zero-order chi connectivity index (χ0) is 10.4. The van der Waals surface area contributed by atoms with Gasteiger partial charge in [-0.15, -0.1) is 12.4 Å². The van der Waals surface area contributed by atoms with Crippen LogP contribution in [0.5, 0.6) is 0 Å². The second kappa shape index (κ2) is 7.91. The third-order valence-corrected chi connectivity index (χ3v) is 2.12. The Morgan fingerprint density at radius 2 is 2.33 bits per heavy atom. The van der Waals surface area contributed by atoms with Crippen molar-refractivity contribution >= 4 is 18.3 Å². The molecule has 1 fully saturated rings. The number of amides is 1. The molecule has 1 rings (SSSR count). The second-order valence-corrected chi connectivity index (χ2v) is 4.10. The summed E-state index contributed by atoms with van der Waals surface area (Å²) in [6.07, 6.45) is 0.524. The van der Waals surface area contributed by atoms with Gasteiger partial charge in [-0.2, -0.15) is 0 Å². The monoisotopic (exact) mass is 236 g/mol. The van der Waals surface area contributed by atoms with E-state index < -0.39 is 0 Å². The van der Waals surface area contributed by atoms with Crippen LogP contribution in [0, 0.1) is 5.92 Å². The van der Waals surface area contributed by atoms with Crippen molar-refractivity contribution in [1.82, 2.24) is 10.6 Å². The maximum atomic E-state index is 11.4. The molecule has 4 nitrogen and oxygen atoms in total. The van der Waals surface area contributed by atoms with Gasteiger partial charge < -0.3 is 15.4 Å². The molecule has 0 bridgehead atoms. The molecule has 0 aromatic heterocycles. The van der Waals surface area contributed by atoms with Gasteiger partial charge in [-0.1, -0.05) is 13.8 Å². The van der Waals surface area contributed by atoms with Crippen LogP contribution in [0.25, 0.3) is 0 Å². The fourth-order valence-electron chi connectivity index (χ4n) is 1.35. The van der Waals surface area contributed by atoms with Gasteiger partial charge in [0.25, 0.3) is 0 Å². The lowest BCUT2D eigenvalue weighted by Crippen LogP contribution is -2.41. The first kappa shape index (κ1) is 14.7. The van der Waals surface area contributed by atoms with E-state index in [1.165, 1.54) is 0 Å². The summed E-state index contributed by atoms with van der Waals surface area (Å²) < 4.78 is 5.43. The van der Waals surface area contributed by atoms with Crippen molar-refractivity contribution in [3.05, 3.63) is 0 Å². The highest BCUT2D eigenvalue weighted by molar-refractivity contribution is 5.85. The molecule has 1 aliphatic heterocycles. The number of rotatable bonds is 4. The Labute approximate surface area is 97.5 Å². The Morgan fingerprint density at radius 1 is 1.60 bits per heavy atom. The molecule has 1 heterocycles. The van der Waals surface area contributed by atoms with Crippen LogP contribution in [0.2, 0.25) is 0 Å². The second-order valence-electron chi connectivity index (χ2n) is 4.10. The Kier molecular flexibility index (Phi) is 7.74. The van der Waals surface area contributed by atoms with Crippen molar-refractivity contribution in [3.63, 3.8) is 0 Å². The minimum Gasteiger partial charge on any atom is -0.375 e. The van der Waals surface area contributed by atoms with Crippen molar-refractivity contribution in [2.75, 3.05) is 26.2 Å². The summed E-state index contributed by atoms with van der Waals surface area (Å²) in [7, 11) is 0. The fraction of sp³-hybridized carbons (Fsp3) is 0.900. The molecule has 1 amide bonds. The summed E-state index contributed by atoms with van der Waals surface area (Å²) in [5.41, 5.74) is 0. The molecule has 5 heteroatoms. The Hall–Kier alpha value is -0.320. The van der Waals surface area contributed by atoms with E-state index in [-0.39, 0.29) is 24.4 Å². The van der Waals surface area contributed by atoms with Crippen LogP contribution in [0.1, 0.15) is 20.3 Å². The predicted octanol–water partition coefficient (Wildman–Crippen LogP) is 0.559. The van der Waals surface area contributed by atoms with Crippen molar-refractivity contribution in [2.24, 2.45) is 5.92 Å². The molecule has 1 unspecified atom stereocenters. The summed E-state index contributed by atoms with van der Waals surface area (Å²) in [5, 5.41) is 6.08. The molecule has 0 saturated carbocycles. The lowest BCUT2D eigenvalue weighted by atomic mass is 10.2. The first-order chi connectivity index (χ1) is 6.68. The third-order valence-electron chi connectivity index (χ3n) is 2.12. The molecule has 15 heavy (non-hydrogen) atoms. The van der Waals surface area contributed by atoms with Crippen molar-refractivity contribution in [2.45, 2.75) is 26.4 Å². The maximum Gasteiger partial charge on any atom is 0.222 e. The highest BCUT2D eigenvalue weighted by atomic mass is 35.5. The number of hydrogen-bond acceptors (Lipinski definition) is 3. The quantitative estimate of drug-likeness (QED) is 0.750. The first-order valence-electron chi connectivity index (χ1n) is 5.27. The Bertz CT molecular complexity index is 182. The van der Waals surface area contributed by atoms with E-state index >= 15 is 0 Å². The van der Waals surface area contributed by atoms with Gasteiger partial charge in [0, 0.05) is 19.6 Å². The SMILES string of the molecule is CC(C)CNC(=O)CC1CNCCO1.Cl. The molecule has 0 aromatic rings. The number of morpholine rings is 1. The average Bonchev–Trinajstić information content (AvgIpc) is 2.16. The molecule has 1 atom stereocenters. The van der Waals surface area contributed by atoms with Crippen LogP contribution < -0.4 is 10.6 Å². The van der Waals surface area contributed by atoms with Gasteiger partial charge in [-0.05, 0) is 5.92 Å². The third kappa shape index (κ3) is 6.71. The number of halogens is 1. The van der Waals surface area contributed by atoms with Gasteiger partial charge >= 0.3 is 0 Å². The number of carbonyl (C=O) groups is 1. The van der Waals surface area contributed by atoms with Crippen molar-refractivity contribution in [1.29, 1.82) is 0 Å². The highest BCUT2D eigenvalue weighted by Gasteiger charge is 2.16. The summed E-state index contributed by atoms with van der Waals surface area (Å²) >= 11 is 0. The number of nitrogens with one attached hydrogen (secondary N) is 2. The molecular weight excluding hydrogens is 216 g/mol. The molecule has 1 aliphatic rings. The molecule has 0 aromatic carbocycles. The van der Waals surface area contributed by atoms with E-state index in [1.54, 1.807) is 0 Å². The van der Waals surface area contributed by atoms with E-state index in [0.29, 0.717) is 18.9 Å². The number of ether oxygens (including phenoxy) is 1. The summed E-state index contributed by atoms with van der Waals surface area (Å²) in [5.74, 6) is 0.594. The van der Waals surface area contributed by atoms with Gasteiger partial charge in [0.1, 0.15) is 0 Å². The van der Waals surface area contributed by atoms with E-state index in [0.717, 1.165) is 19.6 Å². The van der Waals surface area contributed by atoms with E-state index in [1.807, 2.05) is 0 Å². The molecule has 0 aliphatic carbocycles. The van der Waals surface area contributed by atoms with Crippen LogP contribution in [0.15, 0.2) is 0 Å². The van der Waals surface area contributed by atoms with E-state index in [4.69, 9.17) is 4.74 Å². The zero-order valence-electron chi connectivity index (χ0n) is 9.41. The first-order valence-corrected chi connectivity index (χ1v) is 5.27. The van der Waals surface area contributed by atoms with Gasteiger partial charge in [-0.3, -0.25) is 4.79 Å². The fourth-order valence-corrected chi connectivity index (χ4v) is 1.35. The minimum absolute atomic E-state index is 0. The normalized spacial score (nSPS) is 20.9. The maximum absolute atomic E-state index is 11.4.